The topological polar surface area (TPSA) is 195 Å². The van der Waals surface area contributed by atoms with Gasteiger partial charge in [-0.05, 0) is 64.5 Å². The number of aromatic nitrogens is 2. The molecule has 16 heteroatoms. The van der Waals surface area contributed by atoms with Crippen LogP contribution in [0.4, 0.5) is 4.79 Å². The summed E-state index contributed by atoms with van der Waals surface area (Å²) < 4.78 is 44.4. The molecule has 4 atom stereocenters. The van der Waals surface area contributed by atoms with Gasteiger partial charge in [-0.2, -0.15) is 0 Å². The molecule has 2 heterocycles. The third-order valence-corrected chi connectivity index (χ3v) is 10.2. The second-order valence-electron chi connectivity index (χ2n) is 15.0. The smallest absolute Gasteiger partial charge is 0.408 e. The van der Waals surface area contributed by atoms with Gasteiger partial charge in [-0.25, -0.2) is 13.2 Å². The van der Waals surface area contributed by atoms with Gasteiger partial charge in [0.25, 0.3) is 5.91 Å². The van der Waals surface area contributed by atoms with Gasteiger partial charge in [0.2, 0.25) is 33.6 Å². The number of sulfonamides is 1. The molecule has 1 aromatic heterocycles. The summed E-state index contributed by atoms with van der Waals surface area (Å²) >= 11 is 0. The minimum absolute atomic E-state index is 0.0327. The maximum atomic E-state index is 14.4. The Labute approximate surface area is 292 Å². The highest BCUT2D eigenvalue weighted by Gasteiger charge is 2.49. The Morgan fingerprint density at radius 2 is 1.62 bits per heavy atom. The summed E-state index contributed by atoms with van der Waals surface area (Å²) in [5.74, 6) is -1.81. The minimum Gasteiger partial charge on any atom is -0.479 e. The lowest BCUT2D eigenvalue weighted by Gasteiger charge is -2.36. The Kier molecular flexibility index (Phi) is 11.0. The van der Waals surface area contributed by atoms with Crippen LogP contribution >= 0.6 is 0 Å². The third-order valence-electron chi connectivity index (χ3n) is 8.36. The fraction of sp³-hybridized carbons (Fsp3) is 0.588. The summed E-state index contributed by atoms with van der Waals surface area (Å²) in [6.45, 7) is 15.3. The lowest BCUT2D eigenvalue weighted by atomic mass is 9.85. The van der Waals surface area contributed by atoms with Crippen molar-refractivity contribution in [3.8, 4) is 11.8 Å². The standard InChI is InChI=1S/C34H48N6O9S/c1-10-17-34(8,30(43)39-50(45,46)21-15-16-21)36-26(41)24-18-20(48-28-23-14-12-11-13-22(23)27(47-9)37-38-28)19-40(24)29(42)25(32(2,3)4)35-31(44)49-33(5,6)7/h10-14,20-21,24-25H,1,15-19H2,2-9H3,(H,35,44)(H,36,41)(H,39,43)/t20-,24+,25-,34+/m1/s1. The number of methoxy groups -OCH3 is 1. The molecule has 0 unspecified atom stereocenters. The van der Waals surface area contributed by atoms with Crippen molar-refractivity contribution in [2.75, 3.05) is 13.7 Å². The van der Waals surface area contributed by atoms with E-state index in [4.69, 9.17) is 14.2 Å². The van der Waals surface area contributed by atoms with E-state index in [9.17, 15) is 27.6 Å². The molecule has 1 aliphatic carbocycles. The Balaban J connectivity index is 1.68. The van der Waals surface area contributed by atoms with Gasteiger partial charge in [-0.1, -0.05) is 39.0 Å². The molecule has 4 rings (SSSR count). The molecule has 1 aromatic carbocycles. The van der Waals surface area contributed by atoms with Crippen LogP contribution in [-0.4, -0.2) is 95.6 Å². The van der Waals surface area contributed by atoms with Gasteiger partial charge in [-0.3, -0.25) is 19.1 Å². The Hall–Kier alpha value is -4.47. The quantitative estimate of drug-likeness (QED) is 0.273. The van der Waals surface area contributed by atoms with Crippen LogP contribution in [0.3, 0.4) is 0 Å². The second kappa shape index (κ2) is 14.4. The number of ether oxygens (including phenoxy) is 3. The van der Waals surface area contributed by atoms with Gasteiger partial charge in [0.15, 0.2) is 0 Å². The summed E-state index contributed by atoms with van der Waals surface area (Å²) in [5.41, 5.74) is -3.40. The van der Waals surface area contributed by atoms with E-state index in [2.05, 4.69) is 32.1 Å². The van der Waals surface area contributed by atoms with Crippen molar-refractivity contribution in [1.29, 1.82) is 0 Å². The van der Waals surface area contributed by atoms with Gasteiger partial charge < -0.3 is 29.7 Å². The number of nitrogens with zero attached hydrogens (tertiary/aromatic N) is 3. The largest absolute Gasteiger partial charge is 0.479 e. The summed E-state index contributed by atoms with van der Waals surface area (Å²) in [5, 5.41) is 14.2. The highest BCUT2D eigenvalue weighted by Crippen LogP contribution is 2.33. The fourth-order valence-electron chi connectivity index (χ4n) is 5.61. The van der Waals surface area contributed by atoms with Crippen LogP contribution in [0.15, 0.2) is 36.9 Å². The molecular formula is C34H48N6O9S. The SMILES string of the molecule is C=CC[C@](C)(NC(=O)[C@@H]1C[C@@H](Oc2nnc(OC)c3ccccc23)CN1C(=O)[C@@H](NC(=O)OC(C)(C)C)C(C)(C)C)C(=O)NS(=O)(=O)C1CC1. The number of hydrogen-bond donors (Lipinski definition) is 3. The molecule has 50 heavy (non-hydrogen) atoms. The molecule has 0 radical (unpaired) electrons. The average Bonchev–Trinajstić information content (AvgIpc) is 3.79. The molecule has 15 nitrogen and oxygen atoms in total. The number of carbonyl (C=O) groups excluding carboxylic acids is 4. The normalized spacial score (nSPS) is 19.9. The van der Waals surface area contributed by atoms with E-state index in [0.29, 0.717) is 23.6 Å². The molecule has 2 fully saturated rings. The minimum atomic E-state index is -3.93. The predicted octanol–water partition coefficient (Wildman–Crippen LogP) is 2.99. The highest BCUT2D eigenvalue weighted by molar-refractivity contribution is 7.91. The van der Waals surface area contributed by atoms with Gasteiger partial charge >= 0.3 is 6.09 Å². The maximum Gasteiger partial charge on any atom is 0.408 e. The molecule has 2 aromatic rings. The molecule has 4 amide bonds. The second-order valence-corrected chi connectivity index (χ2v) is 16.9. The number of likely N-dealkylation sites (tertiary alicyclic amines) is 1. The van der Waals surface area contributed by atoms with E-state index in [1.807, 2.05) is 6.07 Å². The zero-order valence-corrected chi connectivity index (χ0v) is 30.7. The number of fused-ring (bicyclic) bond motifs is 1. The molecule has 1 saturated heterocycles. The summed E-state index contributed by atoms with van der Waals surface area (Å²) in [4.78, 5) is 56.1. The van der Waals surface area contributed by atoms with Crippen molar-refractivity contribution in [2.24, 2.45) is 5.41 Å². The summed E-state index contributed by atoms with van der Waals surface area (Å²) in [6.07, 6.45) is 0.532. The maximum absolute atomic E-state index is 14.4. The number of benzene rings is 1. The van der Waals surface area contributed by atoms with Crippen molar-refractivity contribution in [3.63, 3.8) is 0 Å². The van der Waals surface area contributed by atoms with Gasteiger partial charge in [-0.15, -0.1) is 16.8 Å². The van der Waals surface area contributed by atoms with Crippen molar-refractivity contribution < 1.29 is 41.8 Å². The van der Waals surface area contributed by atoms with E-state index in [1.165, 1.54) is 25.0 Å². The van der Waals surface area contributed by atoms with Crippen LogP contribution in [0.25, 0.3) is 10.8 Å². The molecule has 2 aliphatic rings. The van der Waals surface area contributed by atoms with Crippen molar-refractivity contribution in [1.82, 2.24) is 30.5 Å². The molecular weight excluding hydrogens is 668 g/mol. The predicted molar refractivity (Wildman–Crippen MR) is 185 cm³/mol. The van der Waals surface area contributed by atoms with Crippen molar-refractivity contribution in [3.05, 3.63) is 36.9 Å². The molecule has 1 aliphatic heterocycles. The molecule has 0 bridgehead atoms. The molecule has 0 spiro atoms. The van der Waals surface area contributed by atoms with Crippen LogP contribution in [0, 0.1) is 5.41 Å². The van der Waals surface area contributed by atoms with Crippen LogP contribution in [0.1, 0.15) is 74.1 Å². The first kappa shape index (κ1) is 38.3. The lowest BCUT2D eigenvalue weighted by Crippen LogP contribution is -2.62. The van der Waals surface area contributed by atoms with Crippen molar-refractivity contribution >= 4 is 44.6 Å². The Morgan fingerprint density at radius 3 is 2.16 bits per heavy atom. The van der Waals surface area contributed by atoms with E-state index >= 15 is 0 Å². The lowest BCUT2D eigenvalue weighted by molar-refractivity contribution is -0.143. The number of hydrogen-bond acceptors (Lipinski definition) is 11. The van der Waals surface area contributed by atoms with E-state index < -0.39 is 73.8 Å². The zero-order valence-electron chi connectivity index (χ0n) is 29.9. The van der Waals surface area contributed by atoms with Gasteiger partial charge in [0.05, 0.1) is 29.7 Å². The van der Waals surface area contributed by atoms with E-state index in [1.54, 1.807) is 59.7 Å². The number of amides is 4. The summed E-state index contributed by atoms with van der Waals surface area (Å²) in [7, 11) is -2.46. The van der Waals surface area contributed by atoms with Gasteiger partial charge in [0, 0.05) is 6.42 Å². The van der Waals surface area contributed by atoms with Crippen LogP contribution in [0.5, 0.6) is 11.8 Å². The number of rotatable bonds is 12. The Morgan fingerprint density at radius 1 is 1.02 bits per heavy atom. The first-order chi connectivity index (χ1) is 23.2. The summed E-state index contributed by atoms with van der Waals surface area (Å²) in [6, 6.07) is 4.83. The number of carbonyl (C=O) groups is 4. The monoisotopic (exact) mass is 716 g/mol. The van der Waals surface area contributed by atoms with Crippen LogP contribution < -0.4 is 24.8 Å². The first-order valence-corrected chi connectivity index (χ1v) is 18.0. The average molecular weight is 717 g/mol. The number of alkyl carbamates (subject to hydrolysis) is 1. The fourth-order valence-corrected chi connectivity index (χ4v) is 7.02. The van der Waals surface area contributed by atoms with Crippen LogP contribution in [0.2, 0.25) is 0 Å². The third kappa shape index (κ3) is 9.00. The molecule has 3 N–H and O–H groups in total. The highest BCUT2D eigenvalue weighted by atomic mass is 32.2. The molecule has 1 saturated carbocycles. The number of nitrogens with one attached hydrogen (secondary N) is 3. The molecule has 274 valence electrons. The van der Waals surface area contributed by atoms with E-state index in [-0.39, 0.29) is 31.1 Å². The van der Waals surface area contributed by atoms with Crippen LogP contribution in [-0.2, 0) is 29.1 Å². The zero-order chi connectivity index (χ0) is 37.2. The van der Waals surface area contributed by atoms with Crippen molar-refractivity contribution in [2.45, 2.75) is 109 Å². The first-order valence-electron chi connectivity index (χ1n) is 16.4. The van der Waals surface area contributed by atoms with Gasteiger partial charge in [0.1, 0.15) is 29.3 Å². The Bertz CT molecular complexity index is 1750. The van der Waals surface area contributed by atoms with E-state index in [0.717, 1.165) is 0 Å².